The van der Waals surface area contributed by atoms with Crippen LogP contribution >= 0.6 is 0 Å². The number of benzene rings is 2. The Kier molecular flexibility index (Phi) is 8.41. The molecule has 0 fully saturated rings. The number of nitrogens with zero attached hydrogens (tertiary/aromatic N) is 2. The molecule has 1 N–H and O–H groups in total. The van der Waals surface area contributed by atoms with Crippen molar-refractivity contribution >= 4 is 37.6 Å². The van der Waals surface area contributed by atoms with Crippen LogP contribution < -0.4 is 14.4 Å². The summed E-state index contributed by atoms with van der Waals surface area (Å²) in [6.07, 6.45) is 1.65. The quantitative estimate of drug-likeness (QED) is 0.215. The van der Waals surface area contributed by atoms with Crippen LogP contribution in [0.4, 0.5) is 0 Å². The number of aryl methyl sites for hydroxylation is 2. The third-order valence-corrected chi connectivity index (χ3v) is 10.0. The SMILES string of the molecule is COc1ccc2[nH]c(S(=O)Cc3ncc(C)c(OC)c3C)nc2c1S(=O)(=O)c1c(C)cc(OOC(C)=O)c(C)c1C. The molecule has 2 heterocycles. The van der Waals surface area contributed by atoms with E-state index >= 15 is 0 Å². The van der Waals surface area contributed by atoms with E-state index in [4.69, 9.17) is 14.4 Å². The smallest absolute Gasteiger partial charge is 0.352 e. The molecule has 4 aromatic rings. The van der Waals surface area contributed by atoms with Gasteiger partial charge in [-0.1, -0.05) is 0 Å². The molecule has 11 nitrogen and oxygen atoms in total. The van der Waals surface area contributed by atoms with Crippen LogP contribution in [0.15, 0.2) is 39.3 Å². The van der Waals surface area contributed by atoms with Crippen molar-refractivity contribution in [3.05, 3.63) is 57.9 Å². The molecule has 0 radical (unpaired) electrons. The van der Waals surface area contributed by atoms with Gasteiger partial charge in [-0.2, -0.15) is 0 Å². The summed E-state index contributed by atoms with van der Waals surface area (Å²) in [6, 6.07) is 4.63. The van der Waals surface area contributed by atoms with Gasteiger partial charge in [0.25, 0.3) is 0 Å². The Morgan fingerprint density at radius 3 is 2.29 bits per heavy atom. The maximum Gasteiger partial charge on any atom is 0.352 e. The van der Waals surface area contributed by atoms with Crippen molar-refractivity contribution in [1.82, 2.24) is 15.0 Å². The highest BCUT2D eigenvalue weighted by Crippen LogP contribution is 2.40. The first-order valence-electron chi connectivity index (χ1n) is 12.5. The van der Waals surface area contributed by atoms with E-state index in [2.05, 4.69) is 19.8 Å². The largest absolute Gasteiger partial charge is 0.496 e. The zero-order valence-electron chi connectivity index (χ0n) is 24.0. The van der Waals surface area contributed by atoms with Crippen LogP contribution in [0.3, 0.4) is 0 Å². The van der Waals surface area contributed by atoms with Crippen LogP contribution in [-0.4, -0.2) is 47.8 Å². The van der Waals surface area contributed by atoms with Gasteiger partial charge < -0.3 is 14.5 Å². The van der Waals surface area contributed by atoms with E-state index in [0.29, 0.717) is 33.7 Å². The second kappa shape index (κ2) is 11.5. The summed E-state index contributed by atoms with van der Waals surface area (Å²) in [5.41, 5.74) is 3.91. The average molecular weight is 602 g/mol. The highest BCUT2D eigenvalue weighted by Gasteiger charge is 2.32. The average Bonchev–Trinajstić information content (AvgIpc) is 3.35. The van der Waals surface area contributed by atoms with Crippen molar-refractivity contribution in [2.45, 2.75) is 62.2 Å². The number of carbonyl (C=O) groups excluding carboxylic acids is 1. The zero-order valence-corrected chi connectivity index (χ0v) is 25.6. The first-order valence-corrected chi connectivity index (χ1v) is 15.3. The number of carbonyl (C=O) groups is 1. The standard InChI is InChI=1S/C28H31N3O8S2/c1-14-11-23(39-38-19(6)32)16(3)17(4)26(14)41(34,35)27-22(36-7)10-9-20-24(27)31-28(30-20)40(33)13-21-18(5)25(37-8)15(2)12-29-21/h9-12H,13H2,1-8H3,(H,30,31). The normalized spacial score (nSPS) is 12.3. The van der Waals surface area contributed by atoms with Crippen molar-refractivity contribution in [2.24, 2.45) is 0 Å². The van der Waals surface area contributed by atoms with Crippen LogP contribution in [0, 0.1) is 34.6 Å². The van der Waals surface area contributed by atoms with Crippen LogP contribution in [-0.2, 0) is 36.1 Å². The van der Waals surface area contributed by atoms with E-state index in [0.717, 1.165) is 11.1 Å². The summed E-state index contributed by atoms with van der Waals surface area (Å²) in [4.78, 5) is 32.8. The van der Waals surface area contributed by atoms with Crippen molar-refractivity contribution in [3.8, 4) is 17.2 Å². The number of imidazole rings is 1. The van der Waals surface area contributed by atoms with E-state index in [-0.39, 0.29) is 37.7 Å². The monoisotopic (exact) mass is 601 g/mol. The number of sulfone groups is 1. The number of ether oxygens (including phenoxy) is 2. The molecule has 0 bridgehead atoms. The predicted octanol–water partition coefficient (Wildman–Crippen LogP) is 4.51. The van der Waals surface area contributed by atoms with Crippen molar-refractivity contribution < 1.29 is 36.7 Å². The molecule has 1 atom stereocenters. The molecule has 0 aliphatic heterocycles. The lowest BCUT2D eigenvalue weighted by molar-refractivity contribution is -0.211. The van der Waals surface area contributed by atoms with Crippen LogP contribution in [0.25, 0.3) is 11.0 Å². The minimum absolute atomic E-state index is 0.0354. The van der Waals surface area contributed by atoms with E-state index in [1.54, 1.807) is 40.1 Å². The molecule has 0 spiro atoms. The minimum Gasteiger partial charge on any atom is -0.496 e. The zero-order chi connectivity index (χ0) is 30.2. The van der Waals surface area contributed by atoms with E-state index in [9.17, 15) is 17.4 Å². The predicted molar refractivity (Wildman–Crippen MR) is 152 cm³/mol. The molecule has 2 aromatic carbocycles. The Hall–Kier alpha value is -3.97. The molecular formula is C28H31N3O8S2. The summed E-state index contributed by atoms with van der Waals surface area (Å²) < 4.78 is 52.8. The maximum atomic E-state index is 14.3. The minimum atomic E-state index is -4.23. The van der Waals surface area contributed by atoms with Gasteiger partial charge in [0.15, 0.2) is 10.9 Å². The summed E-state index contributed by atoms with van der Waals surface area (Å²) >= 11 is 0. The Labute approximate surface area is 240 Å². The van der Waals surface area contributed by atoms with Gasteiger partial charge in [-0.05, 0) is 63.9 Å². The molecule has 4 rings (SSSR count). The number of rotatable bonds is 9. The molecule has 0 amide bonds. The summed E-state index contributed by atoms with van der Waals surface area (Å²) in [5, 5.41) is 0.0974. The third-order valence-electron chi connectivity index (χ3n) is 6.77. The number of methoxy groups -OCH3 is 2. The number of fused-ring (bicyclic) bond motifs is 1. The van der Waals surface area contributed by atoms with E-state index in [1.165, 1.54) is 26.2 Å². The van der Waals surface area contributed by atoms with Gasteiger partial charge in [-0.15, -0.1) is 0 Å². The maximum absolute atomic E-state index is 14.3. The fraction of sp³-hybridized carbons (Fsp3) is 0.321. The van der Waals surface area contributed by atoms with E-state index < -0.39 is 26.6 Å². The Morgan fingerprint density at radius 1 is 0.951 bits per heavy atom. The topological polar surface area (TPSA) is 147 Å². The first kappa shape index (κ1) is 30.0. The fourth-order valence-electron chi connectivity index (χ4n) is 4.67. The lowest BCUT2D eigenvalue weighted by atomic mass is 10.1. The third kappa shape index (κ3) is 5.51. The lowest BCUT2D eigenvalue weighted by Gasteiger charge is -2.17. The summed E-state index contributed by atoms with van der Waals surface area (Å²) in [5.74, 6) is 0.363. The molecule has 1 unspecified atom stereocenters. The molecule has 41 heavy (non-hydrogen) atoms. The molecule has 0 saturated carbocycles. The van der Waals surface area contributed by atoms with Crippen molar-refractivity contribution in [1.29, 1.82) is 0 Å². The Morgan fingerprint density at radius 2 is 1.66 bits per heavy atom. The fourth-order valence-corrected chi connectivity index (χ4v) is 7.84. The van der Waals surface area contributed by atoms with Crippen LogP contribution in [0.5, 0.6) is 17.2 Å². The molecule has 0 aliphatic rings. The number of aromatic amines is 1. The first-order chi connectivity index (χ1) is 19.3. The Bertz CT molecular complexity index is 1810. The molecule has 0 saturated heterocycles. The highest BCUT2D eigenvalue weighted by atomic mass is 32.2. The van der Waals surface area contributed by atoms with E-state index in [1.807, 2.05) is 13.8 Å². The molecule has 13 heteroatoms. The van der Waals surface area contributed by atoms with Gasteiger partial charge in [-0.3, -0.25) is 19.0 Å². The lowest BCUT2D eigenvalue weighted by Crippen LogP contribution is -2.12. The van der Waals surface area contributed by atoms with Gasteiger partial charge in [-0.25, -0.2) is 18.2 Å². The van der Waals surface area contributed by atoms with Gasteiger partial charge in [0, 0.05) is 29.8 Å². The summed E-state index contributed by atoms with van der Waals surface area (Å²) in [7, 11) is -2.98. The molecule has 2 aromatic heterocycles. The van der Waals surface area contributed by atoms with Gasteiger partial charge in [0.2, 0.25) is 9.84 Å². The van der Waals surface area contributed by atoms with Crippen LogP contribution in [0.2, 0.25) is 0 Å². The highest BCUT2D eigenvalue weighted by molar-refractivity contribution is 7.92. The number of pyridine rings is 1. The number of hydrogen-bond donors (Lipinski definition) is 1. The van der Waals surface area contributed by atoms with Crippen LogP contribution in [0.1, 0.15) is 40.4 Å². The van der Waals surface area contributed by atoms with Gasteiger partial charge in [0.1, 0.15) is 21.9 Å². The number of aromatic nitrogens is 3. The molecule has 0 aliphatic carbocycles. The number of nitrogens with one attached hydrogen (secondary N) is 1. The number of hydrogen-bond acceptors (Lipinski definition) is 10. The van der Waals surface area contributed by atoms with Crippen molar-refractivity contribution in [2.75, 3.05) is 14.2 Å². The second-order valence-electron chi connectivity index (χ2n) is 9.50. The van der Waals surface area contributed by atoms with Crippen molar-refractivity contribution in [3.63, 3.8) is 0 Å². The Balaban J connectivity index is 1.83. The van der Waals surface area contributed by atoms with Gasteiger partial charge in [0.05, 0.1) is 46.9 Å². The summed E-state index contributed by atoms with van der Waals surface area (Å²) in [6.45, 7) is 9.83. The molecular weight excluding hydrogens is 570 g/mol. The second-order valence-corrected chi connectivity index (χ2v) is 12.7. The molecule has 218 valence electrons. The van der Waals surface area contributed by atoms with Gasteiger partial charge >= 0.3 is 5.97 Å². The number of H-pyrrole nitrogens is 1.